The van der Waals surface area contributed by atoms with Gasteiger partial charge in [0.05, 0.1) is 22.4 Å². The van der Waals surface area contributed by atoms with Gasteiger partial charge in [-0.1, -0.05) is 29.8 Å². The molecule has 5 rings (SSSR count). The molecule has 2 aromatic carbocycles. The number of nitrogens with two attached hydrogens (primary N) is 1. The Bertz CT molecular complexity index is 1250. The van der Waals surface area contributed by atoms with Crippen LogP contribution < -0.4 is 11.1 Å². The molecule has 32 heavy (non-hydrogen) atoms. The van der Waals surface area contributed by atoms with Crippen LogP contribution in [0.4, 0.5) is 10.2 Å². The monoisotopic (exact) mass is 449 g/mol. The number of aromatic nitrogens is 3. The van der Waals surface area contributed by atoms with Gasteiger partial charge in [0.2, 0.25) is 0 Å². The summed E-state index contributed by atoms with van der Waals surface area (Å²) in [4.78, 5) is 8.98. The van der Waals surface area contributed by atoms with Crippen molar-refractivity contribution in [2.75, 3.05) is 5.32 Å². The van der Waals surface area contributed by atoms with Crippen molar-refractivity contribution in [2.45, 2.75) is 44.3 Å². The second kappa shape index (κ2) is 8.88. The zero-order valence-electron chi connectivity index (χ0n) is 17.6. The van der Waals surface area contributed by atoms with Crippen molar-refractivity contribution in [1.29, 1.82) is 0 Å². The lowest BCUT2D eigenvalue weighted by atomic mass is 9.92. The molecule has 3 N–H and O–H groups in total. The second-order valence-corrected chi connectivity index (χ2v) is 8.92. The van der Waals surface area contributed by atoms with Gasteiger partial charge < -0.3 is 15.6 Å². The van der Waals surface area contributed by atoms with E-state index in [0.29, 0.717) is 23.7 Å². The lowest BCUT2D eigenvalue weighted by Crippen LogP contribution is -2.33. The number of anilines is 1. The highest BCUT2D eigenvalue weighted by atomic mass is 35.5. The first-order valence-electron chi connectivity index (χ1n) is 10.9. The molecular formula is C25H25ClFN5. The Kier molecular flexibility index (Phi) is 5.81. The standard InChI is InChI=1S/C25H25ClFN5/c26-22-13-29-25(31-20-7-5-19(28)6-8-20)12-21(22)17-4-9-23-24(11-17)32(15-30-23)14-16-2-1-3-18(27)10-16/h1-4,9-13,15,19-20H,5-8,14,28H2,(H,29,31). The molecule has 164 valence electrons. The SMILES string of the molecule is NC1CCC(Nc2cc(-c3ccc4ncn(Cc5cccc(F)c5)c4c3)c(Cl)cn2)CC1. The Hall–Kier alpha value is -2.96. The van der Waals surface area contributed by atoms with Crippen LogP contribution in [0.25, 0.3) is 22.2 Å². The van der Waals surface area contributed by atoms with Crippen LogP contribution in [0.3, 0.4) is 0 Å². The molecule has 0 amide bonds. The Labute approximate surface area is 191 Å². The highest BCUT2D eigenvalue weighted by Crippen LogP contribution is 2.32. The van der Waals surface area contributed by atoms with Crippen LogP contribution >= 0.6 is 11.6 Å². The number of fused-ring (bicyclic) bond motifs is 1. The number of halogens is 2. The van der Waals surface area contributed by atoms with Crippen molar-refractivity contribution >= 4 is 28.5 Å². The molecule has 1 aliphatic carbocycles. The van der Waals surface area contributed by atoms with Crippen LogP contribution in [0.1, 0.15) is 31.2 Å². The lowest BCUT2D eigenvalue weighted by molar-refractivity contribution is 0.410. The molecular weight excluding hydrogens is 425 g/mol. The predicted octanol–water partition coefficient (Wildman–Crippen LogP) is 5.62. The average molecular weight is 450 g/mol. The molecule has 7 heteroatoms. The third-order valence-electron chi connectivity index (χ3n) is 6.15. The van der Waals surface area contributed by atoms with E-state index in [2.05, 4.69) is 21.4 Å². The zero-order chi connectivity index (χ0) is 22.1. The smallest absolute Gasteiger partial charge is 0.126 e. The van der Waals surface area contributed by atoms with E-state index in [1.807, 2.05) is 28.8 Å². The van der Waals surface area contributed by atoms with Crippen LogP contribution in [-0.4, -0.2) is 26.6 Å². The molecule has 2 aromatic heterocycles. The Morgan fingerprint density at radius 3 is 2.72 bits per heavy atom. The van der Waals surface area contributed by atoms with Crippen molar-refractivity contribution in [3.63, 3.8) is 0 Å². The molecule has 0 saturated heterocycles. The molecule has 0 bridgehead atoms. The average Bonchev–Trinajstić information content (AvgIpc) is 3.18. The number of nitrogens with one attached hydrogen (secondary N) is 1. The largest absolute Gasteiger partial charge is 0.367 e. The number of rotatable bonds is 5. The number of hydrogen-bond donors (Lipinski definition) is 2. The molecule has 1 fully saturated rings. The molecule has 1 aliphatic rings. The van der Waals surface area contributed by atoms with E-state index in [4.69, 9.17) is 17.3 Å². The molecule has 5 nitrogen and oxygen atoms in total. The first-order valence-corrected chi connectivity index (χ1v) is 11.3. The van der Waals surface area contributed by atoms with E-state index < -0.39 is 0 Å². The first kappa shape index (κ1) is 20.9. The minimum absolute atomic E-state index is 0.240. The van der Waals surface area contributed by atoms with Crippen LogP contribution in [0.5, 0.6) is 0 Å². The van der Waals surface area contributed by atoms with E-state index in [1.54, 1.807) is 24.7 Å². The van der Waals surface area contributed by atoms with Gasteiger partial charge in [-0.3, -0.25) is 0 Å². The van der Waals surface area contributed by atoms with Crippen LogP contribution in [-0.2, 0) is 6.54 Å². The van der Waals surface area contributed by atoms with E-state index in [9.17, 15) is 4.39 Å². The summed E-state index contributed by atoms with van der Waals surface area (Å²) in [5, 5.41) is 4.14. The summed E-state index contributed by atoms with van der Waals surface area (Å²) in [6, 6.07) is 15.4. The zero-order valence-corrected chi connectivity index (χ0v) is 18.4. The number of imidazole rings is 1. The van der Waals surface area contributed by atoms with Crippen LogP contribution in [0, 0.1) is 5.82 Å². The second-order valence-electron chi connectivity index (χ2n) is 8.51. The molecule has 2 heterocycles. The Morgan fingerprint density at radius 1 is 1.06 bits per heavy atom. The quantitative estimate of drug-likeness (QED) is 0.415. The number of hydrogen-bond acceptors (Lipinski definition) is 4. The van der Waals surface area contributed by atoms with Crippen molar-refractivity contribution in [3.05, 3.63) is 77.5 Å². The fraction of sp³-hybridized carbons (Fsp3) is 0.280. The summed E-state index contributed by atoms with van der Waals surface area (Å²) < 4.78 is 15.6. The van der Waals surface area contributed by atoms with Gasteiger partial charge in [0.15, 0.2) is 0 Å². The summed E-state index contributed by atoms with van der Waals surface area (Å²) in [6.07, 6.45) is 7.64. The minimum Gasteiger partial charge on any atom is -0.367 e. The molecule has 0 spiro atoms. The van der Waals surface area contributed by atoms with Gasteiger partial charge in [-0.05, 0) is 67.1 Å². The maximum Gasteiger partial charge on any atom is 0.126 e. The summed E-state index contributed by atoms with van der Waals surface area (Å²) in [6.45, 7) is 0.540. The van der Waals surface area contributed by atoms with Gasteiger partial charge in [0.25, 0.3) is 0 Å². The molecule has 0 radical (unpaired) electrons. The van der Waals surface area contributed by atoms with Crippen molar-refractivity contribution in [1.82, 2.24) is 14.5 Å². The fourth-order valence-electron chi connectivity index (χ4n) is 4.39. The molecule has 4 aromatic rings. The van der Waals surface area contributed by atoms with Crippen LogP contribution in [0.15, 0.2) is 61.1 Å². The number of benzene rings is 2. The Morgan fingerprint density at radius 2 is 1.91 bits per heavy atom. The summed E-state index contributed by atoms with van der Waals surface area (Å²) >= 11 is 6.53. The van der Waals surface area contributed by atoms with Crippen LogP contribution in [0.2, 0.25) is 5.02 Å². The van der Waals surface area contributed by atoms with Gasteiger partial charge in [-0.25, -0.2) is 14.4 Å². The van der Waals surface area contributed by atoms with Crippen molar-refractivity contribution < 1.29 is 4.39 Å². The highest BCUT2D eigenvalue weighted by Gasteiger charge is 2.19. The van der Waals surface area contributed by atoms with E-state index >= 15 is 0 Å². The van der Waals surface area contributed by atoms with Gasteiger partial charge in [-0.2, -0.15) is 0 Å². The lowest BCUT2D eigenvalue weighted by Gasteiger charge is -2.27. The van der Waals surface area contributed by atoms with Gasteiger partial charge in [-0.15, -0.1) is 0 Å². The summed E-state index contributed by atoms with van der Waals surface area (Å²) in [5.41, 5.74) is 10.7. The molecule has 1 saturated carbocycles. The third-order valence-corrected chi connectivity index (χ3v) is 6.45. The summed E-state index contributed by atoms with van der Waals surface area (Å²) in [7, 11) is 0. The fourth-order valence-corrected chi connectivity index (χ4v) is 4.61. The number of nitrogens with zero attached hydrogens (tertiary/aromatic N) is 3. The van der Waals surface area contributed by atoms with E-state index in [1.165, 1.54) is 6.07 Å². The molecule has 0 aliphatic heterocycles. The van der Waals surface area contributed by atoms with E-state index in [-0.39, 0.29) is 5.82 Å². The Balaban J connectivity index is 1.44. The normalized spacial score (nSPS) is 18.7. The molecule has 0 unspecified atom stereocenters. The first-order chi connectivity index (χ1) is 15.5. The van der Waals surface area contributed by atoms with Crippen molar-refractivity contribution in [3.8, 4) is 11.1 Å². The van der Waals surface area contributed by atoms with Gasteiger partial charge >= 0.3 is 0 Å². The summed E-state index contributed by atoms with van der Waals surface area (Å²) in [5.74, 6) is 0.578. The molecule has 0 atom stereocenters. The maximum atomic E-state index is 13.6. The van der Waals surface area contributed by atoms with Crippen molar-refractivity contribution in [2.24, 2.45) is 5.73 Å². The topological polar surface area (TPSA) is 68.8 Å². The minimum atomic E-state index is -0.240. The van der Waals surface area contributed by atoms with E-state index in [0.717, 1.165) is 59.2 Å². The van der Waals surface area contributed by atoms with Gasteiger partial charge in [0, 0.05) is 30.4 Å². The maximum absolute atomic E-state index is 13.6. The highest BCUT2D eigenvalue weighted by molar-refractivity contribution is 6.33. The predicted molar refractivity (Wildman–Crippen MR) is 127 cm³/mol. The van der Waals surface area contributed by atoms with Gasteiger partial charge in [0.1, 0.15) is 11.6 Å². The third kappa shape index (κ3) is 4.47. The number of pyridine rings is 1.